The molecule has 1 aliphatic heterocycles. The normalized spacial score (nSPS) is 14.8. The summed E-state index contributed by atoms with van der Waals surface area (Å²) in [6.45, 7) is 4.89. The Morgan fingerprint density at radius 1 is 1.07 bits per heavy atom. The van der Waals surface area contributed by atoms with E-state index in [2.05, 4.69) is 17.0 Å². The van der Waals surface area contributed by atoms with Crippen LogP contribution in [0.3, 0.4) is 0 Å². The number of phenols is 1. The van der Waals surface area contributed by atoms with Gasteiger partial charge in [0.2, 0.25) is 5.75 Å². The van der Waals surface area contributed by atoms with Crippen LogP contribution in [0.1, 0.15) is 18.4 Å². The number of fused-ring (bicyclic) bond motifs is 1. The smallest absolute Gasteiger partial charge is 0.204 e. The first-order chi connectivity index (χ1) is 14.7. The lowest BCUT2D eigenvalue weighted by atomic mass is 10.0. The van der Waals surface area contributed by atoms with E-state index in [1.165, 1.54) is 31.2 Å². The van der Waals surface area contributed by atoms with Gasteiger partial charge in [0.15, 0.2) is 16.8 Å². The van der Waals surface area contributed by atoms with E-state index in [1.54, 1.807) is 6.07 Å². The van der Waals surface area contributed by atoms with Crippen molar-refractivity contribution in [3.05, 3.63) is 58.3 Å². The van der Waals surface area contributed by atoms with Gasteiger partial charge in [0.05, 0.1) is 25.7 Å². The third-order valence-corrected chi connectivity index (χ3v) is 5.57. The van der Waals surface area contributed by atoms with Crippen LogP contribution in [-0.2, 0) is 11.2 Å². The van der Waals surface area contributed by atoms with Gasteiger partial charge in [-0.3, -0.25) is 9.69 Å². The van der Waals surface area contributed by atoms with Gasteiger partial charge in [-0.05, 0) is 43.5 Å². The third kappa shape index (κ3) is 4.50. The maximum atomic E-state index is 12.5. The van der Waals surface area contributed by atoms with Crippen LogP contribution in [0, 0.1) is 0 Å². The SMILES string of the molecule is COc1c(O)ccc2c(=O)cc(-c3ccc(CCCCN4CCOCC4)cc3)oc12. The lowest BCUT2D eigenvalue weighted by Gasteiger charge is -2.26. The minimum absolute atomic E-state index is 0.0577. The van der Waals surface area contributed by atoms with Crippen LogP contribution in [0.15, 0.2) is 51.7 Å². The van der Waals surface area contributed by atoms with Crippen LogP contribution in [0.25, 0.3) is 22.3 Å². The molecule has 1 aliphatic rings. The molecule has 3 aromatic rings. The number of aromatic hydroxyl groups is 1. The maximum Gasteiger partial charge on any atom is 0.204 e. The van der Waals surface area contributed by atoms with Gasteiger partial charge in [-0.25, -0.2) is 0 Å². The highest BCUT2D eigenvalue weighted by molar-refractivity contribution is 5.86. The zero-order valence-corrected chi connectivity index (χ0v) is 17.2. The molecule has 4 rings (SSSR count). The number of rotatable bonds is 7. The fraction of sp³-hybridized carbons (Fsp3) is 0.375. The molecule has 2 aromatic carbocycles. The van der Waals surface area contributed by atoms with E-state index in [9.17, 15) is 9.90 Å². The molecule has 0 atom stereocenters. The third-order valence-electron chi connectivity index (χ3n) is 5.57. The average Bonchev–Trinajstić information content (AvgIpc) is 2.77. The Labute approximate surface area is 175 Å². The van der Waals surface area contributed by atoms with Crippen LogP contribution in [0.5, 0.6) is 11.5 Å². The topological polar surface area (TPSA) is 72.1 Å². The van der Waals surface area contributed by atoms with Gasteiger partial charge in [-0.15, -0.1) is 0 Å². The number of hydrogen-bond donors (Lipinski definition) is 1. The molecule has 2 heterocycles. The fourth-order valence-corrected chi connectivity index (χ4v) is 3.85. The molecule has 0 radical (unpaired) electrons. The van der Waals surface area contributed by atoms with Crippen molar-refractivity contribution >= 4 is 11.0 Å². The van der Waals surface area contributed by atoms with Crippen molar-refractivity contribution in [3.8, 4) is 22.8 Å². The summed E-state index contributed by atoms with van der Waals surface area (Å²) in [6, 6.07) is 12.6. The molecule has 6 nitrogen and oxygen atoms in total. The summed E-state index contributed by atoms with van der Waals surface area (Å²) in [6.07, 6.45) is 3.33. The second-order valence-electron chi connectivity index (χ2n) is 7.58. The first kappa shape index (κ1) is 20.4. The van der Waals surface area contributed by atoms with E-state index in [1.807, 2.05) is 12.1 Å². The molecule has 1 saturated heterocycles. The summed E-state index contributed by atoms with van der Waals surface area (Å²) in [7, 11) is 1.44. The molecule has 0 spiro atoms. The van der Waals surface area contributed by atoms with Crippen molar-refractivity contribution in [1.29, 1.82) is 0 Å². The monoisotopic (exact) mass is 409 g/mol. The van der Waals surface area contributed by atoms with Crippen LogP contribution >= 0.6 is 0 Å². The first-order valence-corrected chi connectivity index (χ1v) is 10.4. The maximum absolute atomic E-state index is 12.5. The van der Waals surface area contributed by atoms with E-state index in [0.717, 1.165) is 51.3 Å². The van der Waals surface area contributed by atoms with Gasteiger partial charge in [-0.1, -0.05) is 24.3 Å². The summed E-state index contributed by atoms with van der Waals surface area (Å²) in [5.41, 5.74) is 2.17. The first-order valence-electron chi connectivity index (χ1n) is 10.4. The van der Waals surface area contributed by atoms with Gasteiger partial charge in [-0.2, -0.15) is 0 Å². The average molecular weight is 409 g/mol. The quantitative estimate of drug-likeness (QED) is 0.598. The van der Waals surface area contributed by atoms with Crippen molar-refractivity contribution < 1.29 is 19.0 Å². The molecule has 6 heteroatoms. The summed E-state index contributed by atoms with van der Waals surface area (Å²) >= 11 is 0. The minimum atomic E-state index is -0.170. The number of phenolic OH excluding ortho intramolecular Hbond substituents is 1. The highest BCUT2D eigenvalue weighted by Gasteiger charge is 2.15. The fourth-order valence-electron chi connectivity index (χ4n) is 3.85. The number of ether oxygens (including phenoxy) is 2. The van der Waals surface area contributed by atoms with Crippen molar-refractivity contribution in [1.82, 2.24) is 4.90 Å². The molecule has 158 valence electrons. The second-order valence-corrected chi connectivity index (χ2v) is 7.58. The molecule has 0 unspecified atom stereocenters. The molecular formula is C24H27NO5. The molecule has 1 aromatic heterocycles. The number of unbranched alkanes of at least 4 members (excludes halogenated alkanes) is 1. The second kappa shape index (κ2) is 9.32. The molecule has 1 N–H and O–H groups in total. The molecular weight excluding hydrogens is 382 g/mol. The predicted molar refractivity (Wildman–Crippen MR) is 116 cm³/mol. The number of benzene rings is 2. The zero-order chi connectivity index (χ0) is 20.9. The molecule has 1 fully saturated rings. The highest BCUT2D eigenvalue weighted by atomic mass is 16.5. The summed E-state index contributed by atoms with van der Waals surface area (Å²) in [5, 5.41) is 10.4. The molecule has 0 saturated carbocycles. The Bertz CT molecular complexity index is 1050. The summed E-state index contributed by atoms with van der Waals surface area (Å²) in [4.78, 5) is 15.0. The zero-order valence-electron chi connectivity index (χ0n) is 17.2. The lowest BCUT2D eigenvalue weighted by Crippen LogP contribution is -2.36. The molecule has 0 aliphatic carbocycles. The molecule has 0 bridgehead atoms. The lowest BCUT2D eigenvalue weighted by molar-refractivity contribution is 0.0372. The summed E-state index contributed by atoms with van der Waals surface area (Å²) < 4.78 is 16.5. The van der Waals surface area contributed by atoms with E-state index >= 15 is 0 Å². The summed E-state index contributed by atoms with van der Waals surface area (Å²) in [5.74, 6) is 0.566. The van der Waals surface area contributed by atoms with Crippen LogP contribution < -0.4 is 10.2 Å². The van der Waals surface area contributed by atoms with Gasteiger partial charge < -0.3 is 19.0 Å². The van der Waals surface area contributed by atoms with Gasteiger partial charge in [0, 0.05) is 24.7 Å². The number of aryl methyl sites for hydroxylation is 1. The minimum Gasteiger partial charge on any atom is -0.504 e. The standard InChI is InChI=1S/C24H27NO5/c1-28-24-20(26)10-9-19-21(27)16-22(30-23(19)24)18-7-5-17(6-8-18)4-2-3-11-25-12-14-29-15-13-25/h5-10,16,26H,2-4,11-15H2,1H3. The number of hydrogen-bond acceptors (Lipinski definition) is 6. The Morgan fingerprint density at radius 3 is 2.57 bits per heavy atom. The number of methoxy groups -OCH3 is 1. The van der Waals surface area contributed by atoms with Gasteiger partial charge >= 0.3 is 0 Å². The molecule has 30 heavy (non-hydrogen) atoms. The van der Waals surface area contributed by atoms with Gasteiger partial charge in [0.1, 0.15) is 5.76 Å². The number of morpholine rings is 1. The van der Waals surface area contributed by atoms with Crippen molar-refractivity contribution in [2.24, 2.45) is 0 Å². The van der Waals surface area contributed by atoms with Crippen molar-refractivity contribution in [2.45, 2.75) is 19.3 Å². The van der Waals surface area contributed by atoms with E-state index < -0.39 is 0 Å². The van der Waals surface area contributed by atoms with Crippen LogP contribution in [-0.4, -0.2) is 50.0 Å². The van der Waals surface area contributed by atoms with E-state index in [0.29, 0.717) is 11.1 Å². The Morgan fingerprint density at radius 2 is 1.83 bits per heavy atom. The van der Waals surface area contributed by atoms with Gasteiger partial charge in [0.25, 0.3) is 0 Å². The van der Waals surface area contributed by atoms with Crippen LogP contribution in [0.4, 0.5) is 0 Å². The highest BCUT2D eigenvalue weighted by Crippen LogP contribution is 2.35. The van der Waals surface area contributed by atoms with Crippen molar-refractivity contribution in [2.75, 3.05) is 40.0 Å². The largest absolute Gasteiger partial charge is 0.504 e. The Kier molecular flexibility index (Phi) is 6.35. The Hall–Kier alpha value is -2.83. The number of nitrogens with zero attached hydrogens (tertiary/aromatic N) is 1. The van der Waals surface area contributed by atoms with Crippen LogP contribution in [0.2, 0.25) is 0 Å². The van der Waals surface area contributed by atoms with E-state index in [4.69, 9.17) is 13.9 Å². The van der Waals surface area contributed by atoms with Crippen molar-refractivity contribution in [3.63, 3.8) is 0 Å². The molecule has 0 amide bonds. The predicted octanol–water partition coefficient (Wildman–Crippen LogP) is 3.83. The van der Waals surface area contributed by atoms with E-state index in [-0.39, 0.29) is 22.5 Å². The Balaban J connectivity index is 1.44.